The van der Waals surface area contributed by atoms with E-state index in [2.05, 4.69) is 17.3 Å². The third-order valence-electron chi connectivity index (χ3n) is 3.96. The van der Waals surface area contributed by atoms with E-state index in [-0.39, 0.29) is 14.9 Å². The summed E-state index contributed by atoms with van der Waals surface area (Å²) in [6, 6.07) is 3.07. The molecule has 7 heteroatoms. The Labute approximate surface area is 137 Å². The van der Waals surface area contributed by atoms with Crippen molar-refractivity contribution in [2.24, 2.45) is 0 Å². The zero-order chi connectivity index (χ0) is 15.4. The number of hydrogen-bond donors (Lipinski definition) is 1. The second kappa shape index (κ2) is 7.35. The summed E-state index contributed by atoms with van der Waals surface area (Å²) in [5.41, 5.74) is 0.169. The quantitative estimate of drug-likeness (QED) is 0.445. The van der Waals surface area contributed by atoms with Crippen LogP contribution in [0.1, 0.15) is 25.7 Å². The molecule has 1 fully saturated rings. The molecule has 0 heterocycles. The molecule has 2 rings (SSSR count). The molecule has 21 heavy (non-hydrogen) atoms. The Morgan fingerprint density at radius 3 is 2.76 bits per heavy atom. The number of nitrogens with one attached hydrogen (secondary N) is 1. The normalized spacial score (nSPS) is 15.6. The third-order valence-corrected chi connectivity index (χ3v) is 4.79. The summed E-state index contributed by atoms with van der Waals surface area (Å²) < 4.78 is 13.8. The molecule has 0 amide bonds. The van der Waals surface area contributed by atoms with Gasteiger partial charge in [-0.1, -0.05) is 12.8 Å². The molecule has 0 spiro atoms. The Morgan fingerprint density at radius 2 is 2.14 bits per heavy atom. The van der Waals surface area contributed by atoms with Crippen LogP contribution in [0.3, 0.4) is 0 Å². The van der Waals surface area contributed by atoms with E-state index in [9.17, 15) is 14.5 Å². The first-order chi connectivity index (χ1) is 9.99. The fourth-order valence-electron chi connectivity index (χ4n) is 2.72. The van der Waals surface area contributed by atoms with Gasteiger partial charge in [-0.05, 0) is 42.5 Å². The van der Waals surface area contributed by atoms with Crippen molar-refractivity contribution < 1.29 is 9.31 Å². The lowest BCUT2D eigenvalue weighted by Gasteiger charge is -2.24. The molecule has 0 aromatic heterocycles. The average molecular weight is 407 g/mol. The molecular weight excluding hydrogens is 388 g/mol. The van der Waals surface area contributed by atoms with Gasteiger partial charge in [0.25, 0.3) is 5.69 Å². The summed E-state index contributed by atoms with van der Waals surface area (Å²) in [6.07, 6.45) is 4.98. The molecule has 5 nitrogen and oxygen atoms in total. The predicted octanol–water partition coefficient (Wildman–Crippen LogP) is 3.62. The van der Waals surface area contributed by atoms with Crippen LogP contribution < -0.4 is 5.32 Å². The number of hydrogen-bond acceptors (Lipinski definition) is 4. The molecule has 0 atom stereocenters. The SMILES string of the molecule is CN(CCNc1cc(F)c(I)cc1[N+](=O)[O-])C1CCCC1. The molecule has 0 aliphatic heterocycles. The summed E-state index contributed by atoms with van der Waals surface area (Å²) in [7, 11) is 2.07. The van der Waals surface area contributed by atoms with E-state index >= 15 is 0 Å². The van der Waals surface area contributed by atoms with Crippen LogP contribution in [0.4, 0.5) is 15.8 Å². The summed E-state index contributed by atoms with van der Waals surface area (Å²) in [5, 5.41) is 14.0. The lowest BCUT2D eigenvalue weighted by atomic mass is 10.2. The Bertz CT molecular complexity index is 521. The van der Waals surface area contributed by atoms with Crippen molar-refractivity contribution >= 4 is 34.0 Å². The van der Waals surface area contributed by atoms with Crippen LogP contribution in [0.2, 0.25) is 0 Å². The Kier molecular flexibility index (Phi) is 5.74. The van der Waals surface area contributed by atoms with Crippen LogP contribution in [-0.2, 0) is 0 Å². The second-order valence-electron chi connectivity index (χ2n) is 5.39. The number of anilines is 1. The summed E-state index contributed by atoms with van der Waals surface area (Å²) >= 11 is 1.76. The van der Waals surface area contributed by atoms with Crippen LogP contribution in [0.15, 0.2) is 12.1 Å². The standard InChI is InChI=1S/C14H19FIN3O2/c1-18(10-4-2-3-5-10)7-6-17-13-8-11(15)12(16)9-14(13)19(20)21/h8-10,17H,2-7H2,1H3. The van der Waals surface area contributed by atoms with Gasteiger partial charge in [-0.25, -0.2) is 4.39 Å². The minimum absolute atomic E-state index is 0.0793. The zero-order valence-electron chi connectivity index (χ0n) is 11.9. The molecule has 1 aliphatic carbocycles. The molecule has 1 N–H and O–H groups in total. The highest BCUT2D eigenvalue weighted by molar-refractivity contribution is 14.1. The van der Waals surface area contributed by atoms with E-state index in [1.807, 2.05) is 0 Å². The molecule has 0 radical (unpaired) electrons. The number of rotatable bonds is 6. The van der Waals surface area contributed by atoms with E-state index in [4.69, 9.17) is 0 Å². The topological polar surface area (TPSA) is 58.4 Å². The molecule has 0 bridgehead atoms. The molecule has 0 unspecified atom stereocenters. The van der Waals surface area contributed by atoms with Crippen molar-refractivity contribution in [1.82, 2.24) is 4.90 Å². The predicted molar refractivity (Wildman–Crippen MR) is 89.1 cm³/mol. The van der Waals surface area contributed by atoms with Crippen molar-refractivity contribution in [3.8, 4) is 0 Å². The van der Waals surface area contributed by atoms with Gasteiger partial charge in [0.2, 0.25) is 0 Å². The van der Waals surface area contributed by atoms with Crippen LogP contribution in [0.5, 0.6) is 0 Å². The first kappa shape index (κ1) is 16.4. The smallest absolute Gasteiger partial charge is 0.293 e. The van der Waals surface area contributed by atoms with Gasteiger partial charge in [0.05, 0.1) is 8.49 Å². The fraction of sp³-hybridized carbons (Fsp3) is 0.571. The molecule has 1 saturated carbocycles. The van der Waals surface area contributed by atoms with Gasteiger partial charge < -0.3 is 10.2 Å². The lowest BCUT2D eigenvalue weighted by molar-refractivity contribution is -0.384. The van der Waals surface area contributed by atoms with Gasteiger partial charge >= 0.3 is 0 Å². The third kappa shape index (κ3) is 4.26. The van der Waals surface area contributed by atoms with E-state index in [0.717, 1.165) is 6.54 Å². The maximum atomic E-state index is 13.6. The van der Waals surface area contributed by atoms with Gasteiger partial charge in [0.1, 0.15) is 11.5 Å². The van der Waals surface area contributed by atoms with Crippen LogP contribution >= 0.6 is 22.6 Å². The first-order valence-corrected chi connectivity index (χ1v) is 8.14. The minimum atomic E-state index is -0.482. The highest BCUT2D eigenvalue weighted by Crippen LogP contribution is 2.28. The van der Waals surface area contributed by atoms with Gasteiger partial charge in [-0.15, -0.1) is 0 Å². The molecule has 116 valence electrons. The van der Waals surface area contributed by atoms with Gasteiger partial charge in [-0.3, -0.25) is 10.1 Å². The Morgan fingerprint density at radius 1 is 1.48 bits per heavy atom. The largest absolute Gasteiger partial charge is 0.378 e. The zero-order valence-corrected chi connectivity index (χ0v) is 14.1. The molecule has 0 saturated heterocycles. The Balaban J connectivity index is 1.96. The van der Waals surface area contributed by atoms with Crippen molar-refractivity contribution in [3.63, 3.8) is 0 Å². The van der Waals surface area contributed by atoms with E-state index in [0.29, 0.717) is 12.6 Å². The van der Waals surface area contributed by atoms with E-state index < -0.39 is 10.7 Å². The van der Waals surface area contributed by atoms with E-state index in [1.54, 1.807) is 22.6 Å². The number of nitrogens with zero attached hydrogens (tertiary/aromatic N) is 2. The van der Waals surface area contributed by atoms with Crippen LogP contribution in [0.25, 0.3) is 0 Å². The molecule has 1 aromatic carbocycles. The van der Waals surface area contributed by atoms with Crippen molar-refractivity contribution in [1.29, 1.82) is 0 Å². The number of likely N-dealkylation sites (N-methyl/N-ethyl adjacent to an activating group) is 1. The van der Waals surface area contributed by atoms with Crippen molar-refractivity contribution in [2.45, 2.75) is 31.7 Å². The number of benzene rings is 1. The van der Waals surface area contributed by atoms with Crippen molar-refractivity contribution in [2.75, 3.05) is 25.5 Å². The summed E-state index contributed by atoms with van der Waals surface area (Å²) in [4.78, 5) is 12.8. The highest BCUT2D eigenvalue weighted by atomic mass is 127. The highest BCUT2D eigenvalue weighted by Gasteiger charge is 2.20. The number of halogens is 2. The lowest BCUT2D eigenvalue weighted by Crippen LogP contribution is -2.33. The number of nitro groups is 1. The summed E-state index contributed by atoms with van der Waals surface area (Å²) in [6.45, 7) is 1.35. The van der Waals surface area contributed by atoms with Crippen molar-refractivity contribution in [3.05, 3.63) is 31.6 Å². The summed E-state index contributed by atoms with van der Waals surface area (Å²) in [5.74, 6) is -0.437. The molecule has 1 aliphatic rings. The first-order valence-electron chi connectivity index (χ1n) is 7.06. The van der Waals surface area contributed by atoms with Crippen LogP contribution in [0, 0.1) is 19.5 Å². The van der Waals surface area contributed by atoms with Gasteiger partial charge in [0, 0.05) is 31.3 Å². The maximum Gasteiger partial charge on any atom is 0.293 e. The van der Waals surface area contributed by atoms with E-state index in [1.165, 1.54) is 37.8 Å². The van der Waals surface area contributed by atoms with Gasteiger partial charge in [0.15, 0.2) is 0 Å². The second-order valence-corrected chi connectivity index (χ2v) is 6.55. The molecule has 1 aromatic rings. The minimum Gasteiger partial charge on any atom is -0.378 e. The maximum absolute atomic E-state index is 13.6. The molecular formula is C14H19FIN3O2. The average Bonchev–Trinajstić information content (AvgIpc) is 2.96. The fourth-order valence-corrected chi connectivity index (χ4v) is 3.17. The monoisotopic (exact) mass is 407 g/mol. The Hall–Kier alpha value is -0.960. The number of nitro benzene ring substituents is 1. The van der Waals surface area contributed by atoms with Crippen LogP contribution in [-0.4, -0.2) is 36.0 Å². The van der Waals surface area contributed by atoms with Gasteiger partial charge in [-0.2, -0.15) is 0 Å².